The molecule has 0 radical (unpaired) electrons. The maximum Gasteiger partial charge on any atom is 0.121 e. The molecule has 1 aromatic carbocycles. The van der Waals surface area contributed by atoms with Crippen LogP contribution in [-0.4, -0.2) is 13.7 Å². The lowest BCUT2D eigenvalue weighted by Crippen LogP contribution is -1.97. The molecule has 0 saturated carbocycles. The highest BCUT2D eigenvalue weighted by molar-refractivity contribution is 5.47. The van der Waals surface area contributed by atoms with E-state index < -0.39 is 0 Å². The molecule has 0 bridgehead atoms. The van der Waals surface area contributed by atoms with Gasteiger partial charge in [-0.05, 0) is 24.1 Å². The largest absolute Gasteiger partial charge is 0.497 e. The molecule has 0 spiro atoms. The Labute approximate surface area is 91.2 Å². The SMILES string of the molecule is CCCCOCc1cc(N)cc(OC)c1. The Kier molecular flexibility index (Phi) is 4.98. The first-order chi connectivity index (χ1) is 7.26. The number of hydrogen-bond donors (Lipinski definition) is 1. The van der Waals surface area contributed by atoms with Crippen LogP contribution in [0.3, 0.4) is 0 Å². The van der Waals surface area contributed by atoms with Gasteiger partial charge in [0.05, 0.1) is 13.7 Å². The smallest absolute Gasteiger partial charge is 0.121 e. The number of nitrogen functional groups attached to an aromatic ring is 1. The van der Waals surface area contributed by atoms with E-state index in [9.17, 15) is 0 Å². The Morgan fingerprint density at radius 2 is 2.07 bits per heavy atom. The Morgan fingerprint density at radius 3 is 2.73 bits per heavy atom. The third-order valence-electron chi connectivity index (χ3n) is 2.14. The van der Waals surface area contributed by atoms with Crippen LogP contribution >= 0.6 is 0 Å². The lowest BCUT2D eigenvalue weighted by molar-refractivity contribution is 0.118. The average molecular weight is 209 g/mol. The minimum absolute atomic E-state index is 0.599. The molecule has 0 amide bonds. The van der Waals surface area contributed by atoms with Crippen molar-refractivity contribution >= 4 is 5.69 Å². The van der Waals surface area contributed by atoms with E-state index in [1.807, 2.05) is 12.1 Å². The molecule has 0 saturated heterocycles. The van der Waals surface area contributed by atoms with Crippen molar-refractivity contribution in [2.45, 2.75) is 26.4 Å². The minimum Gasteiger partial charge on any atom is -0.497 e. The number of hydrogen-bond acceptors (Lipinski definition) is 3. The van der Waals surface area contributed by atoms with Gasteiger partial charge in [0.15, 0.2) is 0 Å². The van der Waals surface area contributed by atoms with Gasteiger partial charge < -0.3 is 15.2 Å². The zero-order valence-electron chi connectivity index (χ0n) is 9.45. The third-order valence-corrected chi connectivity index (χ3v) is 2.14. The molecular weight excluding hydrogens is 190 g/mol. The van der Waals surface area contributed by atoms with E-state index in [4.69, 9.17) is 15.2 Å². The number of benzene rings is 1. The fraction of sp³-hybridized carbons (Fsp3) is 0.500. The first-order valence-electron chi connectivity index (χ1n) is 5.27. The molecule has 1 aromatic rings. The van der Waals surface area contributed by atoms with Crippen LogP contribution in [0.25, 0.3) is 0 Å². The van der Waals surface area contributed by atoms with E-state index in [0.717, 1.165) is 30.8 Å². The zero-order chi connectivity index (χ0) is 11.1. The quantitative estimate of drug-likeness (QED) is 0.578. The van der Waals surface area contributed by atoms with Crippen LogP contribution in [0.5, 0.6) is 5.75 Å². The van der Waals surface area contributed by atoms with Crippen molar-refractivity contribution < 1.29 is 9.47 Å². The van der Waals surface area contributed by atoms with E-state index in [2.05, 4.69) is 6.92 Å². The normalized spacial score (nSPS) is 10.3. The van der Waals surface area contributed by atoms with Gasteiger partial charge in [0, 0.05) is 18.4 Å². The van der Waals surface area contributed by atoms with Gasteiger partial charge in [-0.2, -0.15) is 0 Å². The van der Waals surface area contributed by atoms with E-state index in [1.54, 1.807) is 13.2 Å². The van der Waals surface area contributed by atoms with Gasteiger partial charge in [0.25, 0.3) is 0 Å². The van der Waals surface area contributed by atoms with Crippen molar-refractivity contribution in [2.75, 3.05) is 19.5 Å². The number of rotatable bonds is 6. The average Bonchev–Trinajstić information content (AvgIpc) is 2.23. The van der Waals surface area contributed by atoms with Crippen LogP contribution in [0.2, 0.25) is 0 Å². The minimum atomic E-state index is 0.599. The molecule has 3 heteroatoms. The molecule has 0 aromatic heterocycles. The van der Waals surface area contributed by atoms with Crippen molar-refractivity contribution in [1.29, 1.82) is 0 Å². The molecule has 0 heterocycles. The molecule has 0 aliphatic carbocycles. The third kappa shape index (κ3) is 4.21. The lowest BCUT2D eigenvalue weighted by atomic mass is 10.2. The zero-order valence-corrected chi connectivity index (χ0v) is 9.45. The number of unbranched alkanes of at least 4 members (excludes halogenated alkanes) is 1. The summed E-state index contributed by atoms with van der Waals surface area (Å²) in [5.41, 5.74) is 7.50. The van der Waals surface area contributed by atoms with Gasteiger partial charge in [0.1, 0.15) is 5.75 Å². The van der Waals surface area contributed by atoms with E-state index >= 15 is 0 Å². The second-order valence-corrected chi connectivity index (χ2v) is 3.52. The summed E-state index contributed by atoms with van der Waals surface area (Å²) in [5, 5.41) is 0. The van der Waals surface area contributed by atoms with Crippen molar-refractivity contribution in [3.8, 4) is 5.75 Å². The second kappa shape index (κ2) is 6.30. The van der Waals surface area contributed by atoms with Gasteiger partial charge in [-0.15, -0.1) is 0 Å². The molecule has 0 atom stereocenters. The van der Waals surface area contributed by atoms with E-state index in [-0.39, 0.29) is 0 Å². The van der Waals surface area contributed by atoms with Gasteiger partial charge in [-0.25, -0.2) is 0 Å². The number of ether oxygens (including phenoxy) is 2. The van der Waals surface area contributed by atoms with Gasteiger partial charge in [0.2, 0.25) is 0 Å². The number of nitrogens with two attached hydrogens (primary N) is 1. The van der Waals surface area contributed by atoms with Crippen LogP contribution in [0.1, 0.15) is 25.3 Å². The Morgan fingerprint density at radius 1 is 1.27 bits per heavy atom. The van der Waals surface area contributed by atoms with Crippen molar-refractivity contribution in [3.05, 3.63) is 23.8 Å². The van der Waals surface area contributed by atoms with E-state index in [0.29, 0.717) is 12.3 Å². The molecule has 3 nitrogen and oxygen atoms in total. The van der Waals surface area contributed by atoms with Crippen LogP contribution in [0.15, 0.2) is 18.2 Å². The molecule has 84 valence electrons. The topological polar surface area (TPSA) is 44.5 Å². The number of anilines is 1. The molecule has 2 N–H and O–H groups in total. The summed E-state index contributed by atoms with van der Waals surface area (Å²) in [5.74, 6) is 0.782. The summed E-state index contributed by atoms with van der Waals surface area (Å²) in [4.78, 5) is 0. The van der Waals surface area contributed by atoms with Gasteiger partial charge in [-0.1, -0.05) is 13.3 Å². The monoisotopic (exact) mass is 209 g/mol. The Bertz CT molecular complexity index is 300. The predicted molar refractivity (Wildman–Crippen MR) is 62.0 cm³/mol. The van der Waals surface area contributed by atoms with Gasteiger partial charge >= 0.3 is 0 Å². The van der Waals surface area contributed by atoms with Crippen LogP contribution < -0.4 is 10.5 Å². The highest BCUT2D eigenvalue weighted by atomic mass is 16.5. The van der Waals surface area contributed by atoms with Crippen molar-refractivity contribution in [3.63, 3.8) is 0 Å². The predicted octanol–water partition coefficient (Wildman–Crippen LogP) is 2.59. The lowest BCUT2D eigenvalue weighted by Gasteiger charge is -2.07. The van der Waals surface area contributed by atoms with Crippen LogP contribution in [-0.2, 0) is 11.3 Å². The standard InChI is InChI=1S/C12H19NO2/c1-3-4-5-15-9-10-6-11(13)8-12(7-10)14-2/h6-8H,3-5,9,13H2,1-2H3. The first-order valence-corrected chi connectivity index (χ1v) is 5.27. The summed E-state index contributed by atoms with van der Waals surface area (Å²) < 4.78 is 10.6. The summed E-state index contributed by atoms with van der Waals surface area (Å²) >= 11 is 0. The fourth-order valence-electron chi connectivity index (χ4n) is 1.32. The van der Waals surface area contributed by atoms with Crippen molar-refractivity contribution in [1.82, 2.24) is 0 Å². The summed E-state index contributed by atoms with van der Waals surface area (Å²) in [7, 11) is 1.64. The van der Waals surface area contributed by atoms with Gasteiger partial charge in [-0.3, -0.25) is 0 Å². The van der Waals surface area contributed by atoms with E-state index in [1.165, 1.54) is 0 Å². The Hall–Kier alpha value is -1.22. The molecule has 0 aliphatic heterocycles. The molecule has 0 unspecified atom stereocenters. The fourth-order valence-corrected chi connectivity index (χ4v) is 1.32. The molecule has 0 fully saturated rings. The number of methoxy groups -OCH3 is 1. The molecular formula is C12H19NO2. The van der Waals surface area contributed by atoms with Crippen molar-refractivity contribution in [2.24, 2.45) is 0 Å². The van der Waals surface area contributed by atoms with Crippen LogP contribution in [0, 0.1) is 0 Å². The maximum absolute atomic E-state index is 5.73. The Balaban J connectivity index is 2.49. The summed E-state index contributed by atoms with van der Waals surface area (Å²) in [6, 6.07) is 5.66. The highest BCUT2D eigenvalue weighted by Crippen LogP contribution is 2.18. The highest BCUT2D eigenvalue weighted by Gasteiger charge is 1.99. The second-order valence-electron chi connectivity index (χ2n) is 3.52. The summed E-state index contributed by atoms with van der Waals surface area (Å²) in [6.07, 6.45) is 2.25. The molecule has 1 rings (SSSR count). The first kappa shape index (κ1) is 11.9. The molecule has 0 aliphatic rings. The molecule has 15 heavy (non-hydrogen) atoms. The summed E-state index contributed by atoms with van der Waals surface area (Å²) in [6.45, 7) is 3.54. The maximum atomic E-state index is 5.73. The van der Waals surface area contributed by atoms with Crippen LogP contribution in [0.4, 0.5) is 5.69 Å².